The Hall–Kier alpha value is -0.890. The number of hydrogen-bond donors (Lipinski definition) is 1. The van der Waals surface area contributed by atoms with Gasteiger partial charge in [0.1, 0.15) is 5.82 Å². The first-order chi connectivity index (χ1) is 8.54. The van der Waals surface area contributed by atoms with Gasteiger partial charge in [0, 0.05) is 0 Å². The smallest absolute Gasteiger partial charge is 0.123 e. The van der Waals surface area contributed by atoms with E-state index in [2.05, 4.69) is 6.92 Å². The van der Waals surface area contributed by atoms with E-state index in [1.807, 2.05) is 6.92 Å². The van der Waals surface area contributed by atoms with Gasteiger partial charge >= 0.3 is 0 Å². The Bertz CT molecular complexity index is 383. The zero-order valence-corrected chi connectivity index (χ0v) is 11.3. The van der Waals surface area contributed by atoms with Crippen LogP contribution in [0.1, 0.15) is 51.5 Å². The summed E-state index contributed by atoms with van der Waals surface area (Å²) in [5.74, 6) is 0.780. The molecule has 1 aliphatic carbocycles. The van der Waals surface area contributed by atoms with Crippen molar-refractivity contribution in [1.29, 1.82) is 0 Å². The molecule has 0 heterocycles. The molecule has 0 aliphatic heterocycles. The van der Waals surface area contributed by atoms with Gasteiger partial charge in [-0.05, 0) is 49.3 Å². The summed E-state index contributed by atoms with van der Waals surface area (Å²) in [6.07, 6.45) is 5.82. The molecule has 1 aromatic carbocycles. The third-order valence-corrected chi connectivity index (χ3v) is 4.58. The summed E-state index contributed by atoms with van der Waals surface area (Å²) in [7, 11) is 0. The van der Waals surface area contributed by atoms with E-state index < -0.39 is 5.60 Å². The fourth-order valence-corrected chi connectivity index (χ4v) is 3.20. The largest absolute Gasteiger partial charge is 0.385 e. The van der Waals surface area contributed by atoms with Crippen molar-refractivity contribution in [2.24, 2.45) is 11.8 Å². The predicted octanol–water partition coefficient (Wildman–Crippen LogP) is 4.25. The summed E-state index contributed by atoms with van der Waals surface area (Å²) in [6, 6.07) is 6.30. The van der Waals surface area contributed by atoms with Crippen LogP contribution in [0.15, 0.2) is 24.3 Å². The van der Waals surface area contributed by atoms with Crippen LogP contribution in [0.5, 0.6) is 0 Å². The minimum absolute atomic E-state index is 0.246. The Kier molecular flexibility index (Phi) is 4.06. The first-order valence-electron chi connectivity index (χ1n) is 7.02. The van der Waals surface area contributed by atoms with E-state index in [9.17, 15) is 9.50 Å². The normalized spacial score (nSPS) is 27.8. The predicted molar refractivity (Wildman–Crippen MR) is 71.7 cm³/mol. The molecule has 0 bridgehead atoms. The molecular formula is C16H23FO. The summed E-state index contributed by atoms with van der Waals surface area (Å²) in [4.78, 5) is 0. The minimum Gasteiger partial charge on any atom is -0.385 e. The fraction of sp³-hybridized carbons (Fsp3) is 0.625. The van der Waals surface area contributed by atoms with Gasteiger partial charge in [-0.1, -0.05) is 38.3 Å². The van der Waals surface area contributed by atoms with E-state index in [1.54, 1.807) is 12.1 Å². The topological polar surface area (TPSA) is 20.2 Å². The highest BCUT2D eigenvalue weighted by atomic mass is 19.1. The molecule has 0 aromatic heterocycles. The summed E-state index contributed by atoms with van der Waals surface area (Å²) in [5.41, 5.74) is 0.00676. The summed E-state index contributed by atoms with van der Waals surface area (Å²) in [5, 5.41) is 10.8. The second-order valence-electron chi connectivity index (χ2n) is 5.79. The SMILES string of the molecule is CCC1CCCC(C(C)(O)c2ccc(F)cc2)C1. The second-order valence-corrected chi connectivity index (χ2v) is 5.79. The van der Waals surface area contributed by atoms with Gasteiger partial charge in [0.05, 0.1) is 5.60 Å². The van der Waals surface area contributed by atoms with Gasteiger partial charge in [-0.3, -0.25) is 0 Å². The number of rotatable bonds is 3. The van der Waals surface area contributed by atoms with Crippen LogP contribution >= 0.6 is 0 Å². The van der Waals surface area contributed by atoms with Crippen LogP contribution < -0.4 is 0 Å². The molecule has 1 aromatic rings. The lowest BCUT2D eigenvalue weighted by atomic mass is 9.70. The van der Waals surface area contributed by atoms with Gasteiger partial charge in [-0.25, -0.2) is 4.39 Å². The molecule has 1 fully saturated rings. The first-order valence-corrected chi connectivity index (χ1v) is 7.02. The summed E-state index contributed by atoms with van der Waals surface area (Å²) < 4.78 is 13.0. The average molecular weight is 250 g/mol. The Morgan fingerprint density at radius 1 is 1.28 bits per heavy atom. The Balaban J connectivity index is 2.16. The number of hydrogen-bond acceptors (Lipinski definition) is 1. The molecule has 0 spiro atoms. The van der Waals surface area contributed by atoms with Crippen LogP contribution in [0.25, 0.3) is 0 Å². The number of aliphatic hydroxyl groups is 1. The van der Waals surface area contributed by atoms with E-state index in [1.165, 1.54) is 31.4 Å². The minimum atomic E-state index is -0.832. The van der Waals surface area contributed by atoms with Crippen LogP contribution in [-0.4, -0.2) is 5.11 Å². The highest BCUT2D eigenvalue weighted by molar-refractivity contribution is 5.23. The molecule has 1 saturated carbocycles. The number of benzene rings is 1. The van der Waals surface area contributed by atoms with Crippen LogP contribution in [0, 0.1) is 17.7 Å². The quantitative estimate of drug-likeness (QED) is 0.850. The van der Waals surface area contributed by atoms with Gasteiger partial charge in [0.15, 0.2) is 0 Å². The maximum Gasteiger partial charge on any atom is 0.123 e. The van der Waals surface area contributed by atoms with Crippen molar-refractivity contribution in [2.75, 3.05) is 0 Å². The second kappa shape index (κ2) is 5.40. The zero-order chi connectivity index (χ0) is 13.2. The third kappa shape index (κ3) is 2.74. The van der Waals surface area contributed by atoms with Crippen molar-refractivity contribution < 1.29 is 9.50 Å². The summed E-state index contributed by atoms with van der Waals surface area (Å²) >= 11 is 0. The number of halogens is 1. The van der Waals surface area contributed by atoms with E-state index >= 15 is 0 Å². The molecule has 100 valence electrons. The van der Waals surface area contributed by atoms with Crippen molar-refractivity contribution in [2.45, 2.75) is 51.6 Å². The molecular weight excluding hydrogens is 227 g/mol. The van der Waals surface area contributed by atoms with E-state index in [0.717, 1.165) is 24.3 Å². The van der Waals surface area contributed by atoms with Crippen LogP contribution in [0.2, 0.25) is 0 Å². The van der Waals surface area contributed by atoms with Crippen molar-refractivity contribution in [3.63, 3.8) is 0 Å². The molecule has 0 radical (unpaired) electrons. The highest BCUT2D eigenvalue weighted by Crippen LogP contribution is 2.41. The zero-order valence-electron chi connectivity index (χ0n) is 11.3. The molecule has 1 N–H and O–H groups in total. The average Bonchev–Trinajstić information content (AvgIpc) is 2.39. The van der Waals surface area contributed by atoms with Gasteiger partial charge in [-0.2, -0.15) is 0 Å². The van der Waals surface area contributed by atoms with Crippen LogP contribution in [0.3, 0.4) is 0 Å². The van der Waals surface area contributed by atoms with Crippen LogP contribution in [0.4, 0.5) is 4.39 Å². The fourth-order valence-electron chi connectivity index (χ4n) is 3.20. The summed E-state index contributed by atoms with van der Waals surface area (Å²) in [6.45, 7) is 4.10. The van der Waals surface area contributed by atoms with E-state index in [0.29, 0.717) is 5.92 Å². The maximum absolute atomic E-state index is 13.0. The van der Waals surface area contributed by atoms with Crippen molar-refractivity contribution in [3.8, 4) is 0 Å². The Labute approximate surface area is 109 Å². The van der Waals surface area contributed by atoms with Crippen LogP contribution in [-0.2, 0) is 5.60 Å². The molecule has 0 saturated heterocycles. The molecule has 1 aliphatic rings. The lowest BCUT2D eigenvalue weighted by Gasteiger charge is -2.39. The van der Waals surface area contributed by atoms with Gasteiger partial charge < -0.3 is 5.11 Å². The lowest BCUT2D eigenvalue weighted by Crippen LogP contribution is -2.35. The Morgan fingerprint density at radius 2 is 1.94 bits per heavy atom. The molecule has 18 heavy (non-hydrogen) atoms. The van der Waals surface area contributed by atoms with E-state index in [4.69, 9.17) is 0 Å². The molecule has 2 heteroatoms. The van der Waals surface area contributed by atoms with Gasteiger partial charge in [-0.15, -0.1) is 0 Å². The van der Waals surface area contributed by atoms with Crippen molar-refractivity contribution in [3.05, 3.63) is 35.6 Å². The lowest BCUT2D eigenvalue weighted by molar-refractivity contribution is -0.0312. The van der Waals surface area contributed by atoms with Crippen molar-refractivity contribution >= 4 is 0 Å². The monoisotopic (exact) mass is 250 g/mol. The van der Waals surface area contributed by atoms with E-state index in [-0.39, 0.29) is 5.82 Å². The highest BCUT2D eigenvalue weighted by Gasteiger charge is 2.36. The molecule has 3 unspecified atom stereocenters. The van der Waals surface area contributed by atoms with Gasteiger partial charge in [0.25, 0.3) is 0 Å². The molecule has 0 amide bonds. The molecule has 1 nitrogen and oxygen atoms in total. The third-order valence-electron chi connectivity index (χ3n) is 4.58. The maximum atomic E-state index is 13.0. The molecule has 3 atom stereocenters. The first kappa shape index (κ1) is 13.5. The molecule has 2 rings (SSSR count). The Morgan fingerprint density at radius 3 is 2.56 bits per heavy atom. The van der Waals surface area contributed by atoms with Gasteiger partial charge in [0.2, 0.25) is 0 Å². The standard InChI is InChI=1S/C16H23FO/c1-3-12-5-4-6-14(11-12)16(2,18)13-7-9-15(17)10-8-13/h7-10,12,14,18H,3-6,11H2,1-2H3. The van der Waals surface area contributed by atoms with Crippen molar-refractivity contribution in [1.82, 2.24) is 0 Å².